The molecule has 0 atom stereocenters. The van der Waals surface area contributed by atoms with E-state index in [2.05, 4.69) is 11.9 Å². The van der Waals surface area contributed by atoms with E-state index in [1.807, 2.05) is 18.2 Å². The van der Waals surface area contributed by atoms with Gasteiger partial charge in [0.25, 0.3) is 0 Å². The second-order valence-corrected chi connectivity index (χ2v) is 4.70. The molecule has 0 aliphatic heterocycles. The fraction of sp³-hybridized carbons (Fsp3) is 0.118. The van der Waals surface area contributed by atoms with Crippen LogP contribution in [-0.4, -0.2) is 10.8 Å². The molecule has 2 nitrogen and oxygen atoms in total. The van der Waals surface area contributed by atoms with Crippen LogP contribution in [0.15, 0.2) is 48.7 Å². The number of para-hydroxylation sites is 1. The van der Waals surface area contributed by atoms with Crippen LogP contribution in [0.4, 0.5) is 4.39 Å². The molecule has 3 rings (SSSR count). The second-order valence-electron chi connectivity index (χ2n) is 4.70. The van der Waals surface area contributed by atoms with Gasteiger partial charge in [-0.15, -0.1) is 0 Å². The summed E-state index contributed by atoms with van der Waals surface area (Å²) in [7, 11) is 0. The van der Waals surface area contributed by atoms with Gasteiger partial charge in [-0.25, -0.2) is 4.39 Å². The lowest BCUT2D eigenvalue weighted by Crippen LogP contribution is -2.03. The summed E-state index contributed by atoms with van der Waals surface area (Å²) in [5.41, 5.74) is 2.72. The Kier molecular flexibility index (Phi) is 3.11. The van der Waals surface area contributed by atoms with Crippen LogP contribution >= 0.6 is 0 Å². The summed E-state index contributed by atoms with van der Waals surface area (Å²) in [6.07, 6.45) is 2.55. The normalized spacial score (nSPS) is 10.9. The van der Waals surface area contributed by atoms with Crippen molar-refractivity contribution < 1.29 is 9.18 Å². The maximum atomic E-state index is 13.7. The van der Waals surface area contributed by atoms with E-state index in [0.717, 1.165) is 22.9 Å². The zero-order valence-electron chi connectivity index (χ0n) is 11.1. The SMILES string of the molecule is CCc1cccc2c(C(=O)c3ccccc3F)c[nH]c12. The van der Waals surface area contributed by atoms with Crippen LogP contribution in [0, 0.1) is 5.82 Å². The van der Waals surface area contributed by atoms with Gasteiger partial charge in [-0.3, -0.25) is 4.79 Å². The van der Waals surface area contributed by atoms with Gasteiger partial charge in [-0.05, 0) is 24.1 Å². The Bertz CT molecular complexity index is 789. The molecule has 3 heteroatoms. The third-order valence-electron chi connectivity index (χ3n) is 3.55. The highest BCUT2D eigenvalue weighted by molar-refractivity contribution is 6.16. The van der Waals surface area contributed by atoms with Crippen molar-refractivity contribution in [2.24, 2.45) is 0 Å². The van der Waals surface area contributed by atoms with Crippen LogP contribution in [0.3, 0.4) is 0 Å². The van der Waals surface area contributed by atoms with E-state index in [4.69, 9.17) is 0 Å². The summed E-state index contributed by atoms with van der Waals surface area (Å²) in [5, 5.41) is 0.845. The van der Waals surface area contributed by atoms with E-state index in [9.17, 15) is 9.18 Å². The van der Waals surface area contributed by atoms with Crippen molar-refractivity contribution in [3.63, 3.8) is 0 Å². The first kappa shape index (κ1) is 12.6. The Morgan fingerprint density at radius 1 is 1.10 bits per heavy atom. The van der Waals surface area contributed by atoms with Gasteiger partial charge in [-0.2, -0.15) is 0 Å². The monoisotopic (exact) mass is 267 g/mol. The molecule has 0 fully saturated rings. The van der Waals surface area contributed by atoms with Crippen molar-refractivity contribution in [2.75, 3.05) is 0 Å². The fourth-order valence-corrected chi connectivity index (χ4v) is 2.49. The van der Waals surface area contributed by atoms with Crippen molar-refractivity contribution in [1.82, 2.24) is 4.98 Å². The first-order chi connectivity index (χ1) is 9.72. The van der Waals surface area contributed by atoms with E-state index in [1.165, 1.54) is 12.1 Å². The molecule has 3 aromatic rings. The second kappa shape index (κ2) is 4.93. The third-order valence-corrected chi connectivity index (χ3v) is 3.55. The van der Waals surface area contributed by atoms with Crippen molar-refractivity contribution in [3.05, 3.63) is 71.2 Å². The van der Waals surface area contributed by atoms with Crippen molar-refractivity contribution in [2.45, 2.75) is 13.3 Å². The Balaban J connectivity index is 2.16. The molecule has 0 aliphatic carbocycles. The lowest BCUT2D eigenvalue weighted by Gasteiger charge is -2.02. The molecule has 0 amide bonds. The lowest BCUT2D eigenvalue weighted by atomic mass is 10.0. The summed E-state index contributed by atoms with van der Waals surface area (Å²) in [4.78, 5) is 15.6. The average Bonchev–Trinajstić information content (AvgIpc) is 2.91. The Morgan fingerprint density at radius 3 is 2.65 bits per heavy atom. The molecular formula is C17H14FNO. The van der Waals surface area contributed by atoms with Crippen LogP contribution in [0.1, 0.15) is 28.4 Å². The van der Waals surface area contributed by atoms with Crippen molar-refractivity contribution >= 4 is 16.7 Å². The van der Waals surface area contributed by atoms with Gasteiger partial charge in [-0.1, -0.05) is 37.3 Å². The largest absolute Gasteiger partial charge is 0.360 e. The number of aromatic nitrogens is 1. The molecule has 0 saturated heterocycles. The maximum absolute atomic E-state index is 13.7. The first-order valence-corrected chi connectivity index (χ1v) is 6.60. The lowest BCUT2D eigenvalue weighted by molar-refractivity contribution is 0.103. The summed E-state index contributed by atoms with van der Waals surface area (Å²) in [6.45, 7) is 2.06. The number of aryl methyl sites for hydroxylation is 1. The number of nitrogens with one attached hydrogen (secondary N) is 1. The minimum absolute atomic E-state index is 0.107. The van der Waals surface area contributed by atoms with Crippen molar-refractivity contribution in [3.8, 4) is 0 Å². The molecule has 0 spiro atoms. The zero-order chi connectivity index (χ0) is 14.1. The number of hydrogen-bond acceptors (Lipinski definition) is 1. The summed E-state index contributed by atoms with van der Waals surface area (Å²) in [5.74, 6) is -0.777. The average molecular weight is 267 g/mol. The van der Waals surface area contributed by atoms with E-state index in [0.29, 0.717) is 5.56 Å². The molecule has 0 bridgehead atoms. The van der Waals surface area contributed by atoms with E-state index in [-0.39, 0.29) is 11.3 Å². The predicted molar refractivity (Wildman–Crippen MR) is 77.5 cm³/mol. The summed E-state index contributed by atoms with van der Waals surface area (Å²) >= 11 is 0. The molecule has 1 heterocycles. The number of carbonyl (C=O) groups is 1. The number of ketones is 1. The molecule has 0 aliphatic rings. The number of benzene rings is 2. The molecule has 1 aromatic heterocycles. The third kappa shape index (κ3) is 1.92. The Hall–Kier alpha value is -2.42. The highest BCUT2D eigenvalue weighted by atomic mass is 19.1. The van der Waals surface area contributed by atoms with Gasteiger partial charge >= 0.3 is 0 Å². The molecule has 20 heavy (non-hydrogen) atoms. The van der Waals surface area contributed by atoms with Gasteiger partial charge < -0.3 is 4.98 Å². The smallest absolute Gasteiger partial charge is 0.198 e. The Morgan fingerprint density at radius 2 is 1.90 bits per heavy atom. The van der Waals surface area contributed by atoms with Gasteiger partial charge in [0.15, 0.2) is 5.78 Å². The summed E-state index contributed by atoms with van der Waals surface area (Å²) in [6, 6.07) is 11.9. The predicted octanol–water partition coefficient (Wildman–Crippen LogP) is 4.10. The van der Waals surface area contributed by atoms with Gasteiger partial charge in [0.05, 0.1) is 5.56 Å². The van der Waals surface area contributed by atoms with Gasteiger partial charge in [0, 0.05) is 22.7 Å². The number of carbonyl (C=O) groups excluding carboxylic acids is 1. The van der Waals surface area contributed by atoms with Crippen LogP contribution in [0.2, 0.25) is 0 Å². The number of H-pyrrole nitrogens is 1. The van der Waals surface area contributed by atoms with Crippen molar-refractivity contribution in [1.29, 1.82) is 0 Å². The number of aromatic amines is 1. The molecule has 0 saturated carbocycles. The topological polar surface area (TPSA) is 32.9 Å². The highest BCUT2D eigenvalue weighted by Gasteiger charge is 2.17. The standard InChI is InChI=1S/C17H14FNO/c1-2-11-6-5-8-12-14(10-19-16(11)12)17(20)13-7-3-4-9-15(13)18/h3-10,19H,2H2,1H3. The summed E-state index contributed by atoms with van der Waals surface area (Å²) < 4.78 is 13.7. The van der Waals surface area contributed by atoms with Gasteiger partial charge in [0.2, 0.25) is 0 Å². The van der Waals surface area contributed by atoms with Crippen LogP contribution < -0.4 is 0 Å². The molecule has 1 N–H and O–H groups in total. The van der Waals surface area contributed by atoms with E-state index >= 15 is 0 Å². The molecule has 0 unspecified atom stereocenters. The Labute approximate surface area is 116 Å². The van der Waals surface area contributed by atoms with Gasteiger partial charge in [0.1, 0.15) is 5.82 Å². The van der Waals surface area contributed by atoms with Crippen LogP contribution in [-0.2, 0) is 6.42 Å². The molecular weight excluding hydrogens is 253 g/mol. The minimum Gasteiger partial charge on any atom is -0.360 e. The number of fused-ring (bicyclic) bond motifs is 1. The zero-order valence-corrected chi connectivity index (χ0v) is 11.1. The first-order valence-electron chi connectivity index (χ1n) is 6.60. The van der Waals surface area contributed by atoms with Crippen LogP contribution in [0.25, 0.3) is 10.9 Å². The maximum Gasteiger partial charge on any atom is 0.198 e. The van der Waals surface area contributed by atoms with E-state index in [1.54, 1.807) is 18.3 Å². The molecule has 2 aromatic carbocycles. The molecule has 100 valence electrons. The quantitative estimate of drug-likeness (QED) is 0.712. The number of rotatable bonds is 3. The minimum atomic E-state index is -0.488. The van der Waals surface area contributed by atoms with E-state index < -0.39 is 5.82 Å². The fourth-order valence-electron chi connectivity index (χ4n) is 2.49. The van der Waals surface area contributed by atoms with Crippen LogP contribution in [0.5, 0.6) is 0 Å². The number of hydrogen-bond donors (Lipinski definition) is 1. The highest BCUT2D eigenvalue weighted by Crippen LogP contribution is 2.25. The number of halogens is 1. The molecule has 0 radical (unpaired) electrons.